The Morgan fingerprint density at radius 3 is 2.62 bits per heavy atom. The van der Waals surface area contributed by atoms with Crippen LogP contribution in [0.5, 0.6) is 0 Å². The molecule has 0 bridgehead atoms. The third-order valence-corrected chi connectivity index (χ3v) is 5.01. The van der Waals surface area contributed by atoms with Crippen LogP contribution in [0.1, 0.15) is 44.6 Å². The first-order valence-electron chi connectivity index (χ1n) is 8.40. The monoisotopic (exact) mass is 282 g/mol. The van der Waals surface area contributed by atoms with Crippen LogP contribution in [-0.2, 0) is 6.54 Å². The Balaban J connectivity index is 1.53. The highest BCUT2D eigenvalue weighted by Gasteiger charge is 2.19. The third-order valence-electron chi connectivity index (χ3n) is 5.01. The first kappa shape index (κ1) is 14.5. The van der Waals surface area contributed by atoms with E-state index in [0.717, 1.165) is 30.4 Å². The average molecular weight is 282 g/mol. The van der Waals surface area contributed by atoms with Crippen LogP contribution in [0.2, 0.25) is 0 Å². The molecule has 1 aromatic heterocycles. The molecule has 1 aromatic carbocycles. The number of aromatic nitrogens is 1. The van der Waals surface area contributed by atoms with Crippen molar-refractivity contribution in [1.29, 1.82) is 0 Å². The lowest BCUT2D eigenvalue weighted by Crippen LogP contribution is -2.26. The maximum atomic E-state index is 4.53. The second-order valence-electron chi connectivity index (χ2n) is 6.42. The molecule has 1 N–H and O–H groups in total. The zero-order valence-electron chi connectivity index (χ0n) is 13.0. The molecule has 2 nitrogen and oxygen atoms in total. The predicted molar refractivity (Wildman–Crippen MR) is 89.2 cm³/mol. The number of nitrogens with one attached hydrogen (secondary N) is 1. The van der Waals surface area contributed by atoms with Gasteiger partial charge >= 0.3 is 0 Å². The average Bonchev–Trinajstić information content (AvgIpc) is 2.56. The van der Waals surface area contributed by atoms with Gasteiger partial charge in [-0.25, -0.2) is 0 Å². The largest absolute Gasteiger partial charge is 0.312 e. The first-order valence-corrected chi connectivity index (χ1v) is 8.40. The third kappa shape index (κ3) is 3.62. The van der Waals surface area contributed by atoms with Crippen molar-refractivity contribution >= 4 is 10.9 Å². The molecule has 1 aliphatic carbocycles. The maximum Gasteiger partial charge on any atom is 0.0746 e. The Labute approximate surface area is 128 Å². The highest BCUT2D eigenvalue weighted by atomic mass is 14.9. The van der Waals surface area contributed by atoms with Crippen molar-refractivity contribution in [3.8, 4) is 0 Å². The number of benzene rings is 1. The van der Waals surface area contributed by atoms with Gasteiger partial charge in [-0.05, 0) is 42.9 Å². The van der Waals surface area contributed by atoms with Gasteiger partial charge in [0.15, 0.2) is 0 Å². The Hall–Kier alpha value is -1.41. The number of hydrogen-bond donors (Lipinski definition) is 1. The minimum Gasteiger partial charge on any atom is -0.312 e. The topological polar surface area (TPSA) is 24.9 Å². The van der Waals surface area contributed by atoms with Crippen LogP contribution in [-0.4, -0.2) is 11.5 Å². The summed E-state index contributed by atoms with van der Waals surface area (Å²) in [7, 11) is 0. The minimum atomic E-state index is 0.871. The van der Waals surface area contributed by atoms with Crippen LogP contribution in [0.25, 0.3) is 10.9 Å². The van der Waals surface area contributed by atoms with E-state index in [9.17, 15) is 0 Å². The summed E-state index contributed by atoms with van der Waals surface area (Å²) in [6.45, 7) is 4.42. The minimum absolute atomic E-state index is 0.871. The second kappa shape index (κ2) is 7.04. The van der Waals surface area contributed by atoms with Crippen molar-refractivity contribution in [2.45, 2.75) is 45.6 Å². The van der Waals surface area contributed by atoms with Crippen molar-refractivity contribution < 1.29 is 0 Å². The van der Waals surface area contributed by atoms with Gasteiger partial charge in [0, 0.05) is 18.1 Å². The number of fused-ring (bicyclic) bond motifs is 1. The lowest BCUT2D eigenvalue weighted by atomic mass is 9.81. The molecule has 1 aliphatic rings. The molecule has 1 saturated carbocycles. The van der Waals surface area contributed by atoms with E-state index in [0.29, 0.717) is 0 Å². The van der Waals surface area contributed by atoms with Crippen molar-refractivity contribution in [2.24, 2.45) is 11.8 Å². The standard InChI is InChI=1S/C19H26N2/c1-2-15-8-10-16(11-9-15)13-20-14-18-6-3-5-17-7-4-12-21-19(17)18/h3-7,12,15-16,20H,2,8-11,13-14H2,1H3. The van der Waals surface area contributed by atoms with Crippen molar-refractivity contribution in [1.82, 2.24) is 10.3 Å². The molecule has 2 aromatic rings. The fraction of sp³-hybridized carbons (Fsp3) is 0.526. The molecule has 0 atom stereocenters. The molecule has 0 saturated heterocycles. The van der Waals surface area contributed by atoms with Gasteiger partial charge in [0.2, 0.25) is 0 Å². The van der Waals surface area contributed by atoms with E-state index in [2.05, 4.69) is 41.5 Å². The maximum absolute atomic E-state index is 4.53. The number of rotatable bonds is 5. The van der Waals surface area contributed by atoms with E-state index in [4.69, 9.17) is 0 Å². The van der Waals surface area contributed by atoms with Crippen LogP contribution in [0.4, 0.5) is 0 Å². The number of hydrogen-bond acceptors (Lipinski definition) is 2. The van der Waals surface area contributed by atoms with E-state index in [1.807, 2.05) is 12.3 Å². The van der Waals surface area contributed by atoms with Gasteiger partial charge in [0.05, 0.1) is 5.52 Å². The van der Waals surface area contributed by atoms with Gasteiger partial charge in [0.25, 0.3) is 0 Å². The van der Waals surface area contributed by atoms with Gasteiger partial charge in [0.1, 0.15) is 0 Å². The smallest absolute Gasteiger partial charge is 0.0746 e. The Morgan fingerprint density at radius 2 is 1.81 bits per heavy atom. The SMILES string of the molecule is CCC1CCC(CNCc2cccc3cccnc23)CC1. The van der Waals surface area contributed by atoms with E-state index < -0.39 is 0 Å². The van der Waals surface area contributed by atoms with E-state index in [1.54, 1.807) is 0 Å². The molecule has 3 rings (SSSR count). The Bertz CT molecular complexity index is 565. The van der Waals surface area contributed by atoms with Crippen LogP contribution in [0, 0.1) is 11.8 Å². The fourth-order valence-electron chi connectivity index (χ4n) is 3.56. The fourth-order valence-corrected chi connectivity index (χ4v) is 3.56. The summed E-state index contributed by atoms with van der Waals surface area (Å²) in [5.41, 5.74) is 2.46. The summed E-state index contributed by atoms with van der Waals surface area (Å²) in [6, 6.07) is 10.6. The highest BCUT2D eigenvalue weighted by molar-refractivity contribution is 5.81. The highest BCUT2D eigenvalue weighted by Crippen LogP contribution is 2.30. The number of pyridine rings is 1. The van der Waals surface area contributed by atoms with Crippen LogP contribution < -0.4 is 5.32 Å². The predicted octanol–water partition coefficient (Wildman–Crippen LogP) is 4.54. The molecule has 0 spiro atoms. The summed E-state index contributed by atoms with van der Waals surface area (Å²) < 4.78 is 0. The van der Waals surface area contributed by atoms with Crippen molar-refractivity contribution in [3.63, 3.8) is 0 Å². The van der Waals surface area contributed by atoms with E-state index >= 15 is 0 Å². The van der Waals surface area contributed by atoms with Gasteiger partial charge < -0.3 is 5.32 Å². The lowest BCUT2D eigenvalue weighted by molar-refractivity contribution is 0.262. The quantitative estimate of drug-likeness (QED) is 0.870. The normalized spacial score (nSPS) is 22.5. The Morgan fingerprint density at radius 1 is 1.05 bits per heavy atom. The molecule has 1 heterocycles. The molecule has 0 radical (unpaired) electrons. The van der Waals surface area contributed by atoms with Crippen LogP contribution >= 0.6 is 0 Å². The summed E-state index contributed by atoms with van der Waals surface area (Å²) in [4.78, 5) is 4.53. The molecule has 21 heavy (non-hydrogen) atoms. The van der Waals surface area contributed by atoms with Gasteiger partial charge in [-0.3, -0.25) is 4.98 Å². The zero-order chi connectivity index (χ0) is 14.5. The van der Waals surface area contributed by atoms with Crippen molar-refractivity contribution in [2.75, 3.05) is 6.54 Å². The molecule has 0 amide bonds. The summed E-state index contributed by atoms with van der Waals surface area (Å²) in [5, 5.41) is 4.89. The van der Waals surface area contributed by atoms with Crippen molar-refractivity contribution in [3.05, 3.63) is 42.1 Å². The lowest BCUT2D eigenvalue weighted by Gasteiger charge is -2.28. The van der Waals surface area contributed by atoms with Gasteiger partial charge in [-0.2, -0.15) is 0 Å². The number of para-hydroxylation sites is 1. The van der Waals surface area contributed by atoms with Crippen LogP contribution in [0.15, 0.2) is 36.5 Å². The summed E-state index contributed by atoms with van der Waals surface area (Å²) >= 11 is 0. The Kier molecular flexibility index (Phi) is 4.87. The van der Waals surface area contributed by atoms with E-state index in [-0.39, 0.29) is 0 Å². The molecule has 0 unspecified atom stereocenters. The molecular formula is C19H26N2. The van der Waals surface area contributed by atoms with E-state index in [1.165, 1.54) is 43.1 Å². The molecule has 1 fully saturated rings. The summed E-state index contributed by atoms with van der Waals surface area (Å²) in [6.07, 6.45) is 8.91. The molecule has 2 heteroatoms. The van der Waals surface area contributed by atoms with Gasteiger partial charge in [-0.15, -0.1) is 0 Å². The number of nitrogens with zero attached hydrogens (tertiary/aromatic N) is 1. The molecular weight excluding hydrogens is 256 g/mol. The first-order chi connectivity index (χ1) is 10.4. The zero-order valence-corrected chi connectivity index (χ0v) is 13.0. The van der Waals surface area contributed by atoms with Crippen LogP contribution in [0.3, 0.4) is 0 Å². The molecule has 0 aliphatic heterocycles. The summed E-state index contributed by atoms with van der Waals surface area (Å²) in [5.74, 6) is 1.86. The molecule has 112 valence electrons. The van der Waals surface area contributed by atoms with Gasteiger partial charge in [-0.1, -0.05) is 50.5 Å². The second-order valence-corrected chi connectivity index (χ2v) is 6.42.